The van der Waals surface area contributed by atoms with Gasteiger partial charge in [-0.15, -0.1) is 0 Å². The second-order valence-corrected chi connectivity index (χ2v) is 7.55. The second-order valence-electron chi connectivity index (χ2n) is 7.19. The standard InChI is InChI=1S/C21H27ClN2O3/c1-15(2)12-17-21(27-13-16-8-4-3-5-9-16)24-18(20(22)23-17)14-26-19-10-6-7-11-25-19/h3-5,8-9,15,19H,6-7,10-14H2,1-2H3. The zero-order valence-corrected chi connectivity index (χ0v) is 16.7. The van der Waals surface area contributed by atoms with Crippen LogP contribution in [0, 0.1) is 5.92 Å². The molecule has 6 heteroatoms. The third-order valence-electron chi connectivity index (χ3n) is 4.32. The first kappa shape index (κ1) is 20.1. The molecule has 1 aliphatic heterocycles. The lowest BCUT2D eigenvalue weighted by Crippen LogP contribution is -2.22. The van der Waals surface area contributed by atoms with Gasteiger partial charge >= 0.3 is 0 Å². The second kappa shape index (κ2) is 10.0. The van der Waals surface area contributed by atoms with E-state index in [1.807, 2.05) is 30.3 Å². The average molecular weight is 391 g/mol. The Morgan fingerprint density at radius 3 is 2.63 bits per heavy atom. The van der Waals surface area contributed by atoms with E-state index >= 15 is 0 Å². The molecule has 1 saturated heterocycles. The molecule has 1 fully saturated rings. The van der Waals surface area contributed by atoms with Gasteiger partial charge in [-0.05, 0) is 37.2 Å². The first-order valence-corrected chi connectivity index (χ1v) is 9.95. The van der Waals surface area contributed by atoms with Crippen LogP contribution in [0.4, 0.5) is 0 Å². The van der Waals surface area contributed by atoms with E-state index in [2.05, 4.69) is 23.8 Å². The van der Waals surface area contributed by atoms with Crippen molar-refractivity contribution in [3.8, 4) is 5.88 Å². The Balaban J connectivity index is 1.73. The predicted octanol–water partition coefficient (Wildman–Crippen LogP) is 4.95. The molecule has 0 aliphatic carbocycles. The monoisotopic (exact) mass is 390 g/mol. The lowest BCUT2D eigenvalue weighted by molar-refractivity contribution is -0.169. The van der Waals surface area contributed by atoms with Crippen LogP contribution in [0.5, 0.6) is 5.88 Å². The number of halogens is 1. The van der Waals surface area contributed by atoms with Gasteiger partial charge in [0.05, 0.1) is 6.61 Å². The summed E-state index contributed by atoms with van der Waals surface area (Å²) in [6.45, 7) is 5.71. The fourth-order valence-electron chi connectivity index (χ4n) is 2.93. The van der Waals surface area contributed by atoms with Crippen LogP contribution in [-0.2, 0) is 29.1 Å². The predicted molar refractivity (Wildman–Crippen MR) is 105 cm³/mol. The van der Waals surface area contributed by atoms with Crippen molar-refractivity contribution in [3.63, 3.8) is 0 Å². The van der Waals surface area contributed by atoms with Crippen LogP contribution in [0.15, 0.2) is 30.3 Å². The van der Waals surface area contributed by atoms with Crippen LogP contribution in [0.25, 0.3) is 0 Å². The van der Waals surface area contributed by atoms with Gasteiger partial charge in [0, 0.05) is 6.61 Å². The van der Waals surface area contributed by atoms with E-state index in [9.17, 15) is 0 Å². The van der Waals surface area contributed by atoms with E-state index < -0.39 is 0 Å². The van der Waals surface area contributed by atoms with E-state index in [4.69, 9.17) is 25.8 Å². The van der Waals surface area contributed by atoms with Crippen LogP contribution in [0.2, 0.25) is 5.15 Å². The maximum Gasteiger partial charge on any atom is 0.236 e. The van der Waals surface area contributed by atoms with Crippen LogP contribution >= 0.6 is 11.6 Å². The number of aromatic nitrogens is 2. The maximum atomic E-state index is 6.37. The summed E-state index contributed by atoms with van der Waals surface area (Å²) in [5.41, 5.74) is 2.45. The van der Waals surface area contributed by atoms with Crippen molar-refractivity contribution in [1.29, 1.82) is 0 Å². The van der Waals surface area contributed by atoms with Crippen molar-refractivity contribution in [2.24, 2.45) is 5.92 Å². The molecule has 1 aliphatic rings. The molecule has 1 atom stereocenters. The summed E-state index contributed by atoms with van der Waals surface area (Å²) in [5, 5.41) is 0.369. The maximum absolute atomic E-state index is 6.37. The van der Waals surface area contributed by atoms with Crippen LogP contribution < -0.4 is 4.74 Å². The minimum Gasteiger partial charge on any atom is -0.471 e. The molecular formula is C21H27ClN2O3. The molecule has 3 rings (SSSR count). The molecule has 2 heterocycles. The molecule has 0 spiro atoms. The Morgan fingerprint density at radius 2 is 1.93 bits per heavy atom. The van der Waals surface area contributed by atoms with Crippen LogP contribution in [0.1, 0.15) is 50.1 Å². The molecule has 0 N–H and O–H groups in total. The summed E-state index contributed by atoms with van der Waals surface area (Å²) in [7, 11) is 0. The van der Waals surface area contributed by atoms with Gasteiger partial charge in [0.15, 0.2) is 11.4 Å². The van der Waals surface area contributed by atoms with Crippen molar-refractivity contribution in [1.82, 2.24) is 9.97 Å². The molecule has 1 aromatic heterocycles. The van der Waals surface area contributed by atoms with Crippen molar-refractivity contribution in [2.45, 2.75) is 59.0 Å². The van der Waals surface area contributed by atoms with Crippen LogP contribution in [0.3, 0.4) is 0 Å². The summed E-state index contributed by atoms with van der Waals surface area (Å²) >= 11 is 6.37. The highest BCUT2D eigenvalue weighted by Crippen LogP contribution is 2.25. The molecule has 2 aromatic rings. The average Bonchev–Trinajstić information content (AvgIpc) is 2.67. The third kappa shape index (κ3) is 6.16. The normalized spacial score (nSPS) is 17.3. The molecule has 27 heavy (non-hydrogen) atoms. The molecule has 1 unspecified atom stereocenters. The molecule has 0 radical (unpaired) electrons. The first-order valence-electron chi connectivity index (χ1n) is 9.57. The largest absolute Gasteiger partial charge is 0.471 e. The fourth-order valence-corrected chi connectivity index (χ4v) is 3.13. The summed E-state index contributed by atoms with van der Waals surface area (Å²) < 4.78 is 17.4. The zero-order chi connectivity index (χ0) is 19.1. The number of hydrogen-bond acceptors (Lipinski definition) is 5. The Hall–Kier alpha value is -1.69. The third-order valence-corrected chi connectivity index (χ3v) is 4.62. The number of rotatable bonds is 8. The zero-order valence-electron chi connectivity index (χ0n) is 16.0. The lowest BCUT2D eigenvalue weighted by Gasteiger charge is -2.22. The minimum absolute atomic E-state index is 0.194. The Kier molecular flexibility index (Phi) is 7.44. The Labute approximate surface area is 166 Å². The highest BCUT2D eigenvalue weighted by Gasteiger charge is 2.19. The van der Waals surface area contributed by atoms with E-state index in [0.717, 1.165) is 43.5 Å². The number of nitrogens with zero attached hydrogens (tertiary/aromatic N) is 2. The van der Waals surface area contributed by atoms with Gasteiger partial charge in [0.25, 0.3) is 0 Å². The molecule has 0 saturated carbocycles. The van der Waals surface area contributed by atoms with Gasteiger partial charge in [-0.2, -0.15) is 0 Å². The smallest absolute Gasteiger partial charge is 0.236 e. The van der Waals surface area contributed by atoms with Crippen molar-refractivity contribution >= 4 is 11.6 Å². The van der Waals surface area contributed by atoms with Crippen molar-refractivity contribution in [2.75, 3.05) is 6.61 Å². The van der Waals surface area contributed by atoms with Gasteiger partial charge in [-0.3, -0.25) is 0 Å². The van der Waals surface area contributed by atoms with Gasteiger partial charge in [0.1, 0.15) is 18.0 Å². The van der Waals surface area contributed by atoms with E-state index in [1.165, 1.54) is 0 Å². The van der Waals surface area contributed by atoms with Crippen LogP contribution in [-0.4, -0.2) is 22.9 Å². The van der Waals surface area contributed by atoms with E-state index in [-0.39, 0.29) is 12.9 Å². The molecule has 1 aromatic carbocycles. The van der Waals surface area contributed by atoms with Gasteiger partial charge in [-0.25, -0.2) is 9.97 Å². The first-order chi connectivity index (χ1) is 13.1. The SMILES string of the molecule is CC(C)Cc1nc(Cl)c(COC2CCCCO2)nc1OCc1ccccc1. The van der Waals surface area contributed by atoms with Gasteiger partial charge in [0.2, 0.25) is 5.88 Å². The highest BCUT2D eigenvalue weighted by atomic mass is 35.5. The van der Waals surface area contributed by atoms with Crippen molar-refractivity contribution in [3.05, 3.63) is 52.4 Å². The summed E-state index contributed by atoms with van der Waals surface area (Å²) in [4.78, 5) is 9.17. The quantitative estimate of drug-likeness (QED) is 0.638. The molecule has 146 valence electrons. The Morgan fingerprint density at radius 1 is 1.11 bits per heavy atom. The van der Waals surface area contributed by atoms with Crippen molar-refractivity contribution < 1.29 is 14.2 Å². The van der Waals surface area contributed by atoms with Gasteiger partial charge < -0.3 is 14.2 Å². The number of hydrogen-bond donors (Lipinski definition) is 0. The molecule has 0 bridgehead atoms. The van der Waals surface area contributed by atoms with E-state index in [1.54, 1.807) is 0 Å². The molecule has 0 amide bonds. The number of ether oxygens (including phenoxy) is 3. The van der Waals surface area contributed by atoms with E-state index in [0.29, 0.717) is 29.3 Å². The Bertz CT molecular complexity index is 719. The molecular weight excluding hydrogens is 364 g/mol. The summed E-state index contributed by atoms with van der Waals surface area (Å²) in [6, 6.07) is 10.0. The number of benzene rings is 1. The summed E-state index contributed by atoms with van der Waals surface area (Å²) in [5.74, 6) is 0.951. The van der Waals surface area contributed by atoms with Gasteiger partial charge in [-0.1, -0.05) is 55.8 Å². The topological polar surface area (TPSA) is 53.5 Å². The highest BCUT2D eigenvalue weighted by molar-refractivity contribution is 6.30. The molecule has 5 nitrogen and oxygen atoms in total. The fraction of sp³-hybridized carbons (Fsp3) is 0.524. The summed E-state index contributed by atoms with van der Waals surface area (Å²) in [6.07, 6.45) is 3.66. The lowest BCUT2D eigenvalue weighted by atomic mass is 10.1. The minimum atomic E-state index is -0.194.